The minimum absolute atomic E-state index is 0.0954. The van der Waals surface area contributed by atoms with Crippen LogP contribution >= 0.6 is 11.6 Å². The average Bonchev–Trinajstić information content (AvgIpc) is 2.91. The van der Waals surface area contributed by atoms with Crippen LogP contribution in [0, 0.1) is 0 Å². The van der Waals surface area contributed by atoms with E-state index in [4.69, 9.17) is 16.3 Å². The standard InChI is InChI=1S/C20H21ClN2O2/c1-20(2,3)14-10-11-15(21)16-17(22-23(4)18(14)16)19(24)25-12-13-8-6-5-7-9-13/h5-11H,12H2,1-4H3. The van der Waals surface area contributed by atoms with E-state index in [-0.39, 0.29) is 17.7 Å². The summed E-state index contributed by atoms with van der Waals surface area (Å²) in [5, 5.41) is 5.55. The van der Waals surface area contributed by atoms with Crippen LogP contribution in [-0.2, 0) is 23.8 Å². The van der Waals surface area contributed by atoms with E-state index in [0.29, 0.717) is 10.4 Å². The summed E-state index contributed by atoms with van der Waals surface area (Å²) >= 11 is 6.40. The first kappa shape index (κ1) is 17.5. The Hall–Kier alpha value is -2.33. The van der Waals surface area contributed by atoms with Crippen molar-refractivity contribution >= 4 is 28.5 Å². The number of carbonyl (C=O) groups excluding carboxylic acids is 1. The van der Waals surface area contributed by atoms with Crippen molar-refractivity contribution in [1.29, 1.82) is 0 Å². The highest BCUT2D eigenvalue weighted by Crippen LogP contribution is 2.35. The van der Waals surface area contributed by atoms with Gasteiger partial charge in [-0.05, 0) is 22.6 Å². The number of hydrogen-bond donors (Lipinski definition) is 0. The second-order valence-electron chi connectivity index (χ2n) is 7.10. The summed E-state index contributed by atoms with van der Waals surface area (Å²) in [5.74, 6) is -0.470. The lowest BCUT2D eigenvalue weighted by Gasteiger charge is -2.20. The van der Waals surface area contributed by atoms with E-state index in [0.717, 1.165) is 16.6 Å². The molecule has 5 heteroatoms. The maximum atomic E-state index is 12.6. The van der Waals surface area contributed by atoms with E-state index in [1.165, 1.54) is 0 Å². The number of aryl methyl sites for hydroxylation is 1. The van der Waals surface area contributed by atoms with Gasteiger partial charge in [0.15, 0.2) is 5.69 Å². The van der Waals surface area contributed by atoms with E-state index in [2.05, 4.69) is 25.9 Å². The molecule has 130 valence electrons. The maximum absolute atomic E-state index is 12.6. The monoisotopic (exact) mass is 356 g/mol. The molecule has 0 amide bonds. The molecule has 0 N–H and O–H groups in total. The molecule has 0 aliphatic carbocycles. The van der Waals surface area contributed by atoms with Gasteiger partial charge in [-0.2, -0.15) is 5.10 Å². The first-order valence-electron chi connectivity index (χ1n) is 8.16. The molecule has 25 heavy (non-hydrogen) atoms. The molecule has 0 saturated carbocycles. The van der Waals surface area contributed by atoms with Crippen molar-refractivity contribution in [3.05, 3.63) is 64.3 Å². The summed E-state index contributed by atoms with van der Waals surface area (Å²) in [6.07, 6.45) is 0. The fraction of sp³-hybridized carbons (Fsp3) is 0.300. The first-order valence-corrected chi connectivity index (χ1v) is 8.53. The quantitative estimate of drug-likeness (QED) is 0.628. The van der Waals surface area contributed by atoms with Gasteiger partial charge in [-0.25, -0.2) is 4.79 Å². The number of ether oxygens (including phenoxy) is 1. The maximum Gasteiger partial charge on any atom is 0.359 e. The van der Waals surface area contributed by atoms with Gasteiger partial charge in [0.1, 0.15) is 6.61 Å². The normalized spacial score (nSPS) is 11.7. The smallest absolute Gasteiger partial charge is 0.359 e. The second-order valence-corrected chi connectivity index (χ2v) is 7.51. The number of fused-ring (bicyclic) bond motifs is 1. The van der Waals surface area contributed by atoms with Gasteiger partial charge < -0.3 is 4.74 Å². The molecule has 0 spiro atoms. The van der Waals surface area contributed by atoms with Crippen LogP contribution in [0.3, 0.4) is 0 Å². The minimum Gasteiger partial charge on any atom is -0.456 e. The molecule has 0 radical (unpaired) electrons. The Morgan fingerprint density at radius 3 is 2.48 bits per heavy atom. The van der Waals surface area contributed by atoms with Crippen LogP contribution in [0.1, 0.15) is 42.4 Å². The molecule has 1 heterocycles. The zero-order valence-corrected chi connectivity index (χ0v) is 15.6. The first-order chi connectivity index (χ1) is 11.8. The van der Waals surface area contributed by atoms with Crippen molar-refractivity contribution in [3.8, 4) is 0 Å². The van der Waals surface area contributed by atoms with Gasteiger partial charge in [0.25, 0.3) is 0 Å². The van der Waals surface area contributed by atoms with Gasteiger partial charge in [-0.15, -0.1) is 0 Å². The number of carbonyl (C=O) groups is 1. The SMILES string of the molecule is Cn1nc(C(=O)OCc2ccccc2)c2c(Cl)ccc(C(C)(C)C)c21. The predicted molar refractivity (Wildman–Crippen MR) is 100.0 cm³/mol. The summed E-state index contributed by atoms with van der Waals surface area (Å²) in [4.78, 5) is 12.6. The van der Waals surface area contributed by atoms with Crippen LogP contribution < -0.4 is 0 Å². The van der Waals surface area contributed by atoms with E-state index < -0.39 is 5.97 Å². The lowest BCUT2D eigenvalue weighted by molar-refractivity contribution is 0.0467. The molecule has 2 aromatic carbocycles. The van der Waals surface area contributed by atoms with Crippen LogP contribution in [0.2, 0.25) is 5.02 Å². The molecule has 0 bridgehead atoms. The average molecular weight is 357 g/mol. The number of esters is 1. The van der Waals surface area contributed by atoms with Gasteiger partial charge in [-0.1, -0.05) is 68.8 Å². The summed E-state index contributed by atoms with van der Waals surface area (Å²) in [6.45, 7) is 6.57. The summed E-state index contributed by atoms with van der Waals surface area (Å²) in [6, 6.07) is 13.4. The van der Waals surface area contributed by atoms with E-state index in [1.807, 2.05) is 49.5 Å². The van der Waals surface area contributed by atoms with E-state index in [9.17, 15) is 4.79 Å². The molecule has 0 aliphatic heterocycles. The van der Waals surface area contributed by atoms with E-state index in [1.54, 1.807) is 4.68 Å². The Bertz CT molecular complexity index is 924. The number of nitrogens with zero attached hydrogens (tertiary/aromatic N) is 2. The van der Waals surface area contributed by atoms with Gasteiger partial charge in [0.05, 0.1) is 15.9 Å². The third kappa shape index (κ3) is 3.40. The summed E-state index contributed by atoms with van der Waals surface area (Å²) < 4.78 is 7.15. The molecule has 0 fully saturated rings. The van der Waals surface area contributed by atoms with Gasteiger partial charge in [-0.3, -0.25) is 4.68 Å². The molecular formula is C20H21ClN2O2. The lowest BCUT2D eigenvalue weighted by Crippen LogP contribution is -2.13. The molecule has 3 aromatic rings. The van der Waals surface area contributed by atoms with Crippen LogP contribution in [0.25, 0.3) is 10.9 Å². The Morgan fingerprint density at radius 1 is 1.16 bits per heavy atom. The number of benzene rings is 2. The number of halogens is 1. The Morgan fingerprint density at radius 2 is 1.84 bits per heavy atom. The second kappa shape index (κ2) is 6.52. The van der Waals surface area contributed by atoms with Crippen molar-refractivity contribution in [3.63, 3.8) is 0 Å². The van der Waals surface area contributed by atoms with Gasteiger partial charge in [0.2, 0.25) is 0 Å². The van der Waals surface area contributed by atoms with Crippen molar-refractivity contribution in [2.75, 3.05) is 0 Å². The largest absolute Gasteiger partial charge is 0.456 e. The predicted octanol–water partition coefficient (Wildman–Crippen LogP) is 4.88. The fourth-order valence-electron chi connectivity index (χ4n) is 2.92. The van der Waals surface area contributed by atoms with Crippen molar-refractivity contribution in [2.24, 2.45) is 7.05 Å². The highest BCUT2D eigenvalue weighted by Gasteiger charge is 2.26. The third-order valence-corrected chi connectivity index (χ3v) is 4.47. The zero-order valence-electron chi connectivity index (χ0n) is 14.8. The molecule has 0 atom stereocenters. The Labute approximate surface area is 152 Å². The van der Waals surface area contributed by atoms with Crippen LogP contribution in [0.4, 0.5) is 0 Å². The number of rotatable bonds is 3. The van der Waals surface area contributed by atoms with Crippen molar-refractivity contribution in [1.82, 2.24) is 9.78 Å². The van der Waals surface area contributed by atoms with Crippen LogP contribution in [-0.4, -0.2) is 15.7 Å². The molecule has 0 unspecified atom stereocenters. The third-order valence-electron chi connectivity index (χ3n) is 4.15. The molecule has 1 aromatic heterocycles. The summed E-state index contributed by atoms with van der Waals surface area (Å²) in [7, 11) is 1.82. The van der Waals surface area contributed by atoms with Crippen molar-refractivity contribution in [2.45, 2.75) is 32.8 Å². The highest BCUT2D eigenvalue weighted by atomic mass is 35.5. The zero-order chi connectivity index (χ0) is 18.2. The van der Waals surface area contributed by atoms with Gasteiger partial charge in [0, 0.05) is 7.05 Å². The minimum atomic E-state index is -0.470. The Balaban J connectivity index is 2.01. The number of hydrogen-bond acceptors (Lipinski definition) is 3. The topological polar surface area (TPSA) is 44.1 Å². The molecule has 0 saturated heterocycles. The Kier molecular flexibility index (Phi) is 4.56. The fourth-order valence-corrected chi connectivity index (χ4v) is 3.16. The molecular weight excluding hydrogens is 336 g/mol. The van der Waals surface area contributed by atoms with Crippen LogP contribution in [0.5, 0.6) is 0 Å². The highest BCUT2D eigenvalue weighted by molar-refractivity contribution is 6.36. The summed E-state index contributed by atoms with van der Waals surface area (Å²) in [5.41, 5.74) is 3.04. The molecule has 4 nitrogen and oxygen atoms in total. The van der Waals surface area contributed by atoms with Crippen molar-refractivity contribution < 1.29 is 9.53 Å². The molecule has 3 rings (SSSR count). The van der Waals surface area contributed by atoms with Gasteiger partial charge >= 0.3 is 5.97 Å². The lowest BCUT2D eigenvalue weighted by atomic mass is 9.85. The number of aromatic nitrogens is 2. The van der Waals surface area contributed by atoms with Crippen LogP contribution in [0.15, 0.2) is 42.5 Å². The molecule has 0 aliphatic rings. The van der Waals surface area contributed by atoms with E-state index >= 15 is 0 Å².